The van der Waals surface area contributed by atoms with Crippen molar-refractivity contribution in [1.29, 1.82) is 0 Å². The molecular weight excluding hydrogens is 214 g/mol. The Bertz CT molecular complexity index is 365. The molecule has 17 heavy (non-hydrogen) atoms. The zero-order valence-corrected chi connectivity index (χ0v) is 10.9. The topological polar surface area (TPSA) is 45.2 Å². The number of amides is 1. The third kappa shape index (κ3) is 4.06. The van der Waals surface area contributed by atoms with E-state index in [2.05, 4.69) is 24.1 Å². The van der Waals surface area contributed by atoms with Crippen LogP contribution in [0.15, 0.2) is 18.2 Å². The first-order chi connectivity index (χ1) is 8.19. The number of aromatic nitrogens is 1. The van der Waals surface area contributed by atoms with E-state index in [1.54, 1.807) is 18.0 Å². The van der Waals surface area contributed by atoms with Crippen molar-refractivity contribution in [3.8, 4) is 0 Å². The summed E-state index contributed by atoms with van der Waals surface area (Å²) in [4.78, 5) is 18.0. The molecule has 0 radical (unpaired) electrons. The zero-order chi connectivity index (χ0) is 12.7. The summed E-state index contributed by atoms with van der Waals surface area (Å²) in [7, 11) is 1.81. The normalized spacial score (nSPS) is 10.1. The van der Waals surface area contributed by atoms with Gasteiger partial charge in [0.2, 0.25) is 0 Å². The van der Waals surface area contributed by atoms with Crippen LogP contribution in [0, 0.1) is 0 Å². The summed E-state index contributed by atoms with van der Waals surface area (Å²) in [6.45, 7) is 5.77. The van der Waals surface area contributed by atoms with Gasteiger partial charge in [0.25, 0.3) is 5.91 Å². The average Bonchev–Trinajstić information content (AvgIpc) is 2.36. The number of hydrogen-bond donors (Lipinski definition) is 1. The summed E-state index contributed by atoms with van der Waals surface area (Å²) in [6, 6.07) is 5.50. The van der Waals surface area contributed by atoms with Crippen LogP contribution in [0.5, 0.6) is 0 Å². The smallest absolute Gasteiger partial charge is 0.272 e. The number of carbonyl (C=O) groups excluding carboxylic acids is 1. The first-order valence-corrected chi connectivity index (χ1v) is 6.15. The van der Waals surface area contributed by atoms with Crippen molar-refractivity contribution in [2.45, 2.75) is 26.7 Å². The Balaban J connectivity index is 2.73. The summed E-state index contributed by atoms with van der Waals surface area (Å²) in [5.74, 6) is 0.745. The molecule has 0 unspecified atom stereocenters. The molecule has 1 heterocycles. The Morgan fingerprint density at radius 3 is 2.76 bits per heavy atom. The van der Waals surface area contributed by atoms with Gasteiger partial charge in [0, 0.05) is 20.1 Å². The predicted octanol–water partition coefficient (Wildman–Crippen LogP) is 2.39. The summed E-state index contributed by atoms with van der Waals surface area (Å²) in [5.41, 5.74) is 0.502. The van der Waals surface area contributed by atoms with E-state index in [0.29, 0.717) is 5.69 Å². The van der Waals surface area contributed by atoms with Crippen LogP contribution < -0.4 is 5.32 Å². The van der Waals surface area contributed by atoms with Gasteiger partial charge in [-0.25, -0.2) is 4.98 Å². The number of anilines is 1. The van der Waals surface area contributed by atoms with E-state index in [-0.39, 0.29) is 5.91 Å². The maximum absolute atomic E-state index is 12.0. The molecule has 0 aliphatic rings. The van der Waals surface area contributed by atoms with Crippen molar-refractivity contribution >= 4 is 11.7 Å². The fraction of sp³-hybridized carbons (Fsp3) is 0.538. The Kier molecular flexibility index (Phi) is 5.46. The van der Waals surface area contributed by atoms with Crippen molar-refractivity contribution < 1.29 is 4.79 Å². The molecule has 0 aliphatic heterocycles. The molecule has 1 N–H and O–H groups in total. The second kappa shape index (κ2) is 6.89. The second-order valence-corrected chi connectivity index (χ2v) is 4.06. The van der Waals surface area contributed by atoms with E-state index in [1.165, 1.54) is 0 Å². The molecule has 0 bridgehead atoms. The quantitative estimate of drug-likeness (QED) is 0.823. The van der Waals surface area contributed by atoms with Crippen molar-refractivity contribution in [3.63, 3.8) is 0 Å². The minimum atomic E-state index is -0.0213. The number of rotatable bonds is 6. The lowest BCUT2D eigenvalue weighted by atomic mass is 10.3. The van der Waals surface area contributed by atoms with Crippen molar-refractivity contribution in [2.75, 3.05) is 25.5 Å². The molecule has 1 amide bonds. The Labute approximate surface area is 103 Å². The van der Waals surface area contributed by atoms with Gasteiger partial charge in [-0.05, 0) is 25.0 Å². The van der Waals surface area contributed by atoms with Crippen LogP contribution in [0.4, 0.5) is 5.82 Å². The monoisotopic (exact) mass is 235 g/mol. The highest BCUT2D eigenvalue weighted by Crippen LogP contribution is 2.07. The molecule has 4 nitrogen and oxygen atoms in total. The van der Waals surface area contributed by atoms with Crippen LogP contribution in [0.1, 0.15) is 37.2 Å². The Morgan fingerprint density at radius 1 is 1.35 bits per heavy atom. The molecule has 1 aromatic heterocycles. The Morgan fingerprint density at radius 2 is 2.12 bits per heavy atom. The lowest BCUT2D eigenvalue weighted by Crippen LogP contribution is -2.28. The molecule has 1 aromatic rings. The molecule has 0 saturated heterocycles. The summed E-state index contributed by atoms with van der Waals surface area (Å²) >= 11 is 0. The number of pyridine rings is 1. The molecule has 94 valence electrons. The third-order valence-electron chi connectivity index (χ3n) is 2.43. The minimum Gasteiger partial charge on any atom is -0.370 e. The van der Waals surface area contributed by atoms with E-state index in [0.717, 1.165) is 31.7 Å². The van der Waals surface area contributed by atoms with Crippen molar-refractivity contribution in [3.05, 3.63) is 23.9 Å². The number of nitrogens with zero attached hydrogens (tertiary/aromatic N) is 2. The predicted molar refractivity (Wildman–Crippen MR) is 70.3 cm³/mol. The fourth-order valence-electron chi connectivity index (χ4n) is 1.54. The maximum atomic E-state index is 12.0. The van der Waals surface area contributed by atoms with Crippen molar-refractivity contribution in [1.82, 2.24) is 9.88 Å². The van der Waals surface area contributed by atoms with Crippen LogP contribution in [0.25, 0.3) is 0 Å². The van der Waals surface area contributed by atoms with Crippen LogP contribution in [-0.2, 0) is 0 Å². The highest BCUT2D eigenvalue weighted by atomic mass is 16.2. The zero-order valence-electron chi connectivity index (χ0n) is 10.9. The standard InChI is InChI=1S/C13H21N3O/c1-4-9-14-12-8-6-7-11(15-12)13(17)16(3)10-5-2/h6-8H,4-5,9-10H2,1-3H3,(H,14,15). The summed E-state index contributed by atoms with van der Waals surface area (Å²) in [6.07, 6.45) is 1.99. The van der Waals surface area contributed by atoms with Crippen LogP contribution in [0.3, 0.4) is 0 Å². The molecular formula is C13H21N3O. The molecule has 0 aromatic carbocycles. The van der Waals surface area contributed by atoms with Gasteiger partial charge >= 0.3 is 0 Å². The van der Waals surface area contributed by atoms with E-state index in [9.17, 15) is 4.79 Å². The van der Waals surface area contributed by atoms with E-state index < -0.39 is 0 Å². The lowest BCUT2D eigenvalue weighted by Gasteiger charge is -2.15. The highest BCUT2D eigenvalue weighted by Gasteiger charge is 2.12. The first kappa shape index (κ1) is 13.5. The van der Waals surface area contributed by atoms with Crippen LogP contribution in [0.2, 0.25) is 0 Å². The highest BCUT2D eigenvalue weighted by molar-refractivity contribution is 5.92. The molecule has 0 spiro atoms. The van der Waals surface area contributed by atoms with Gasteiger partial charge in [0.1, 0.15) is 11.5 Å². The van der Waals surface area contributed by atoms with E-state index >= 15 is 0 Å². The van der Waals surface area contributed by atoms with Gasteiger partial charge < -0.3 is 10.2 Å². The van der Waals surface area contributed by atoms with E-state index in [4.69, 9.17) is 0 Å². The van der Waals surface area contributed by atoms with Gasteiger partial charge in [-0.3, -0.25) is 4.79 Å². The third-order valence-corrected chi connectivity index (χ3v) is 2.43. The Hall–Kier alpha value is -1.58. The van der Waals surface area contributed by atoms with Gasteiger partial charge in [0.05, 0.1) is 0 Å². The van der Waals surface area contributed by atoms with Gasteiger partial charge in [0.15, 0.2) is 0 Å². The lowest BCUT2D eigenvalue weighted by molar-refractivity contribution is 0.0789. The molecule has 0 fully saturated rings. The average molecular weight is 235 g/mol. The van der Waals surface area contributed by atoms with Crippen LogP contribution >= 0.6 is 0 Å². The molecule has 4 heteroatoms. The summed E-state index contributed by atoms with van der Waals surface area (Å²) < 4.78 is 0. The molecule has 0 atom stereocenters. The minimum absolute atomic E-state index is 0.0213. The number of nitrogens with one attached hydrogen (secondary N) is 1. The molecule has 0 saturated carbocycles. The maximum Gasteiger partial charge on any atom is 0.272 e. The van der Waals surface area contributed by atoms with Gasteiger partial charge in [-0.15, -0.1) is 0 Å². The van der Waals surface area contributed by atoms with E-state index in [1.807, 2.05) is 12.1 Å². The largest absolute Gasteiger partial charge is 0.370 e. The number of hydrogen-bond acceptors (Lipinski definition) is 3. The van der Waals surface area contributed by atoms with Gasteiger partial charge in [-0.2, -0.15) is 0 Å². The fourth-order valence-corrected chi connectivity index (χ4v) is 1.54. The van der Waals surface area contributed by atoms with Crippen LogP contribution in [-0.4, -0.2) is 35.9 Å². The van der Waals surface area contributed by atoms with Gasteiger partial charge in [-0.1, -0.05) is 19.9 Å². The van der Waals surface area contributed by atoms with Crippen molar-refractivity contribution in [2.24, 2.45) is 0 Å². The first-order valence-electron chi connectivity index (χ1n) is 6.15. The number of carbonyl (C=O) groups is 1. The molecule has 0 aliphatic carbocycles. The second-order valence-electron chi connectivity index (χ2n) is 4.06. The molecule has 1 rings (SSSR count). The SMILES string of the molecule is CCCNc1cccc(C(=O)N(C)CCC)n1. The summed E-state index contributed by atoms with van der Waals surface area (Å²) in [5, 5.41) is 3.18.